The summed E-state index contributed by atoms with van der Waals surface area (Å²) < 4.78 is 66.4. The SMILES string of the molecule is O=C(O)[C@H](Cc1ccc(NS(=O)(=O)c2cccc(C(F)(F)F)c2)cc1)NC(=O)[C@@H]1CCC(=O)N1Cc1ccccc1. The van der Waals surface area contributed by atoms with Crippen LogP contribution < -0.4 is 10.0 Å². The molecule has 0 saturated carbocycles. The number of rotatable bonds is 10. The number of benzene rings is 3. The highest BCUT2D eigenvalue weighted by atomic mass is 32.2. The lowest BCUT2D eigenvalue weighted by Gasteiger charge is -2.26. The molecule has 0 radical (unpaired) electrons. The van der Waals surface area contributed by atoms with Gasteiger partial charge >= 0.3 is 12.1 Å². The Morgan fingerprint density at radius 1 is 0.976 bits per heavy atom. The minimum Gasteiger partial charge on any atom is -0.480 e. The Labute approximate surface area is 234 Å². The number of sulfonamides is 1. The zero-order valence-corrected chi connectivity index (χ0v) is 22.3. The van der Waals surface area contributed by atoms with Gasteiger partial charge in [0.25, 0.3) is 10.0 Å². The fourth-order valence-corrected chi connectivity index (χ4v) is 5.55. The van der Waals surface area contributed by atoms with Gasteiger partial charge in [-0.15, -0.1) is 0 Å². The molecule has 2 atom stereocenters. The number of anilines is 1. The number of hydrogen-bond acceptors (Lipinski definition) is 5. The topological polar surface area (TPSA) is 133 Å². The number of likely N-dealkylation sites (tertiary alicyclic amines) is 1. The quantitative estimate of drug-likeness (QED) is 0.330. The molecule has 41 heavy (non-hydrogen) atoms. The van der Waals surface area contributed by atoms with Crippen molar-refractivity contribution >= 4 is 33.5 Å². The minimum atomic E-state index is -4.71. The van der Waals surface area contributed by atoms with Gasteiger partial charge in [-0.2, -0.15) is 13.2 Å². The predicted molar refractivity (Wildman–Crippen MR) is 142 cm³/mol. The highest BCUT2D eigenvalue weighted by Crippen LogP contribution is 2.31. The van der Waals surface area contributed by atoms with Gasteiger partial charge in [-0.1, -0.05) is 48.5 Å². The third-order valence-corrected chi connectivity index (χ3v) is 7.94. The smallest absolute Gasteiger partial charge is 0.416 e. The molecule has 216 valence electrons. The van der Waals surface area contributed by atoms with E-state index in [4.69, 9.17) is 0 Å². The van der Waals surface area contributed by atoms with Crippen LogP contribution in [-0.2, 0) is 43.5 Å². The van der Waals surface area contributed by atoms with E-state index in [1.54, 1.807) is 0 Å². The van der Waals surface area contributed by atoms with Crippen molar-refractivity contribution in [3.8, 4) is 0 Å². The summed E-state index contributed by atoms with van der Waals surface area (Å²) in [6, 6.07) is 15.8. The van der Waals surface area contributed by atoms with E-state index >= 15 is 0 Å². The molecule has 4 rings (SSSR count). The van der Waals surface area contributed by atoms with Gasteiger partial charge in [0.05, 0.1) is 10.5 Å². The van der Waals surface area contributed by atoms with Crippen molar-refractivity contribution in [1.29, 1.82) is 0 Å². The van der Waals surface area contributed by atoms with Crippen LogP contribution in [-0.4, -0.2) is 48.3 Å². The maximum Gasteiger partial charge on any atom is 0.416 e. The number of carboxylic acid groups (broad SMARTS) is 1. The van der Waals surface area contributed by atoms with E-state index in [-0.39, 0.29) is 37.4 Å². The number of amides is 2. The third-order valence-electron chi connectivity index (χ3n) is 6.56. The van der Waals surface area contributed by atoms with Gasteiger partial charge < -0.3 is 15.3 Å². The molecule has 13 heteroatoms. The highest BCUT2D eigenvalue weighted by molar-refractivity contribution is 7.92. The van der Waals surface area contributed by atoms with E-state index in [1.165, 1.54) is 29.2 Å². The molecule has 3 aromatic carbocycles. The summed E-state index contributed by atoms with van der Waals surface area (Å²) in [7, 11) is -4.34. The zero-order chi connectivity index (χ0) is 29.8. The Hall–Kier alpha value is -4.39. The number of nitrogens with zero attached hydrogens (tertiary/aromatic N) is 1. The van der Waals surface area contributed by atoms with Crippen LogP contribution in [0.15, 0.2) is 83.8 Å². The van der Waals surface area contributed by atoms with Crippen molar-refractivity contribution in [1.82, 2.24) is 10.2 Å². The first-order valence-corrected chi connectivity index (χ1v) is 14.0. The summed E-state index contributed by atoms with van der Waals surface area (Å²) in [6.07, 6.45) is -4.43. The van der Waals surface area contributed by atoms with Crippen LogP contribution in [0.4, 0.5) is 18.9 Å². The molecule has 0 unspecified atom stereocenters. The van der Waals surface area contributed by atoms with E-state index < -0.39 is 50.6 Å². The molecular formula is C28H26F3N3O6S. The molecule has 0 aliphatic carbocycles. The number of hydrogen-bond donors (Lipinski definition) is 3. The highest BCUT2D eigenvalue weighted by Gasteiger charge is 2.37. The first kappa shape index (κ1) is 29.6. The molecule has 1 aliphatic heterocycles. The number of carboxylic acids is 1. The molecule has 1 saturated heterocycles. The Morgan fingerprint density at radius 3 is 2.29 bits per heavy atom. The average molecular weight is 590 g/mol. The largest absolute Gasteiger partial charge is 0.480 e. The maximum absolute atomic E-state index is 13.0. The summed E-state index contributed by atoms with van der Waals surface area (Å²) in [5, 5.41) is 12.2. The van der Waals surface area contributed by atoms with Crippen molar-refractivity contribution in [3.63, 3.8) is 0 Å². The molecule has 0 bridgehead atoms. The normalized spacial score (nSPS) is 16.3. The summed E-state index contributed by atoms with van der Waals surface area (Å²) in [5.74, 6) is -2.10. The monoisotopic (exact) mass is 589 g/mol. The second kappa shape index (κ2) is 12.0. The predicted octanol–water partition coefficient (Wildman–Crippen LogP) is 3.81. The zero-order valence-electron chi connectivity index (χ0n) is 21.5. The van der Waals surface area contributed by atoms with Crippen LogP contribution in [0.5, 0.6) is 0 Å². The van der Waals surface area contributed by atoms with Crippen molar-refractivity contribution in [2.75, 3.05) is 4.72 Å². The van der Waals surface area contributed by atoms with E-state index in [1.807, 2.05) is 30.3 Å². The van der Waals surface area contributed by atoms with Crippen LogP contribution in [0.3, 0.4) is 0 Å². The van der Waals surface area contributed by atoms with Crippen molar-refractivity contribution in [2.24, 2.45) is 0 Å². The maximum atomic E-state index is 13.0. The number of carbonyl (C=O) groups is 3. The van der Waals surface area contributed by atoms with E-state index in [9.17, 15) is 41.1 Å². The average Bonchev–Trinajstić information content (AvgIpc) is 3.29. The summed E-state index contributed by atoms with van der Waals surface area (Å²) in [6.45, 7) is 0.216. The number of nitrogens with one attached hydrogen (secondary N) is 2. The number of aliphatic carboxylic acids is 1. The second-order valence-corrected chi connectivity index (χ2v) is 11.2. The molecule has 0 aromatic heterocycles. The van der Waals surface area contributed by atoms with Crippen molar-refractivity contribution in [3.05, 3.63) is 95.6 Å². The van der Waals surface area contributed by atoms with Crippen LogP contribution >= 0.6 is 0 Å². The van der Waals surface area contributed by atoms with Gasteiger partial charge in [-0.05, 0) is 47.9 Å². The van der Waals surface area contributed by atoms with Gasteiger partial charge in [-0.3, -0.25) is 14.3 Å². The second-order valence-electron chi connectivity index (χ2n) is 9.49. The van der Waals surface area contributed by atoms with Crippen LogP contribution in [0, 0.1) is 0 Å². The summed E-state index contributed by atoms with van der Waals surface area (Å²) in [4.78, 5) is 38.2. The molecule has 9 nitrogen and oxygen atoms in total. The van der Waals surface area contributed by atoms with Gasteiger partial charge in [0.1, 0.15) is 12.1 Å². The molecule has 3 aromatic rings. The fraction of sp³-hybridized carbons (Fsp3) is 0.250. The van der Waals surface area contributed by atoms with Crippen LogP contribution in [0.1, 0.15) is 29.5 Å². The molecule has 2 amide bonds. The lowest BCUT2D eigenvalue weighted by atomic mass is 10.0. The number of carbonyl (C=O) groups excluding carboxylic acids is 2. The molecule has 1 aliphatic rings. The summed E-state index contributed by atoms with van der Waals surface area (Å²) >= 11 is 0. The summed E-state index contributed by atoms with van der Waals surface area (Å²) in [5.41, 5.74) is 0.216. The number of halogens is 3. The first-order valence-electron chi connectivity index (χ1n) is 12.5. The third kappa shape index (κ3) is 7.42. The fourth-order valence-electron chi connectivity index (χ4n) is 4.45. The van der Waals surface area contributed by atoms with E-state index in [0.717, 1.165) is 23.8 Å². The first-order chi connectivity index (χ1) is 19.3. The lowest BCUT2D eigenvalue weighted by Crippen LogP contribution is -2.50. The Morgan fingerprint density at radius 2 is 1.66 bits per heavy atom. The van der Waals surface area contributed by atoms with Crippen molar-refractivity contribution < 1.29 is 41.1 Å². The Balaban J connectivity index is 1.41. The molecule has 1 fully saturated rings. The van der Waals surface area contributed by atoms with E-state index in [2.05, 4.69) is 10.0 Å². The minimum absolute atomic E-state index is 0.0445. The van der Waals surface area contributed by atoms with Crippen molar-refractivity contribution in [2.45, 2.75) is 49.0 Å². The van der Waals surface area contributed by atoms with Gasteiger partial charge in [-0.25, -0.2) is 13.2 Å². The van der Waals surface area contributed by atoms with Crippen LogP contribution in [0.25, 0.3) is 0 Å². The molecule has 3 N–H and O–H groups in total. The van der Waals surface area contributed by atoms with Crippen LogP contribution in [0.2, 0.25) is 0 Å². The number of alkyl halides is 3. The Kier molecular flexibility index (Phi) is 8.66. The lowest BCUT2D eigenvalue weighted by molar-refractivity contribution is -0.143. The Bertz CT molecular complexity index is 1530. The standard InChI is InChI=1S/C28H26F3N3O6S/c29-28(30,31)20-7-4-8-22(16-20)41(39,40)33-21-11-9-18(10-12-21)15-23(27(37)38)32-26(36)24-13-14-25(35)34(24)17-19-5-2-1-3-6-19/h1-12,16,23-24,33H,13-15,17H2,(H,32,36)(H,37,38)/t23-,24-/m0/s1. The molecular weight excluding hydrogens is 563 g/mol. The van der Waals surface area contributed by atoms with Gasteiger partial charge in [0.2, 0.25) is 11.8 Å². The molecule has 1 heterocycles. The van der Waals surface area contributed by atoms with Gasteiger partial charge in [0, 0.05) is 25.1 Å². The molecule has 0 spiro atoms. The van der Waals surface area contributed by atoms with Gasteiger partial charge in [0.15, 0.2) is 0 Å². The van der Waals surface area contributed by atoms with E-state index in [0.29, 0.717) is 11.6 Å².